The molecule has 3 aromatic carbocycles. The van der Waals surface area contributed by atoms with Gasteiger partial charge in [0.25, 0.3) is 0 Å². The van der Waals surface area contributed by atoms with Crippen molar-refractivity contribution in [2.75, 3.05) is 13.2 Å². The Morgan fingerprint density at radius 3 is 2.65 bits per heavy atom. The highest BCUT2D eigenvalue weighted by molar-refractivity contribution is 6.04. The van der Waals surface area contributed by atoms with Gasteiger partial charge in [-0.3, -0.25) is 4.68 Å². The second-order valence-electron chi connectivity index (χ2n) is 9.05. The number of carbonyl (C=O) groups is 1. The number of ether oxygens (including phenoxy) is 2. The number of aromatic amines is 1. The fourth-order valence-electron chi connectivity index (χ4n) is 5.11. The maximum atomic E-state index is 12.9. The first kappa shape index (κ1) is 24.6. The van der Waals surface area contributed by atoms with Gasteiger partial charge in [-0.2, -0.15) is 5.10 Å². The summed E-state index contributed by atoms with van der Waals surface area (Å²) < 4.78 is 13.2. The third kappa shape index (κ3) is 4.58. The highest BCUT2D eigenvalue weighted by Crippen LogP contribution is 2.36. The summed E-state index contributed by atoms with van der Waals surface area (Å²) in [6, 6.07) is 20.2. The van der Waals surface area contributed by atoms with Crippen LogP contribution in [0.25, 0.3) is 32.8 Å². The summed E-state index contributed by atoms with van der Waals surface area (Å²) in [5.74, 6) is 0.480. The van der Waals surface area contributed by atoms with Gasteiger partial charge in [0, 0.05) is 30.4 Å². The molecule has 0 fully saturated rings. The molecule has 0 bridgehead atoms. The lowest BCUT2D eigenvalue weighted by Crippen LogP contribution is -2.09. The molecule has 0 aliphatic carbocycles. The molecule has 0 spiro atoms. The zero-order valence-electron chi connectivity index (χ0n) is 21.4. The molecule has 5 aromatic rings. The number of fused-ring (bicyclic) bond motifs is 2. The highest BCUT2D eigenvalue weighted by Gasteiger charge is 2.23. The zero-order chi connectivity index (χ0) is 25.9. The summed E-state index contributed by atoms with van der Waals surface area (Å²) >= 11 is 0. The Balaban J connectivity index is 0.00000336. The minimum absolute atomic E-state index is 0. The van der Waals surface area contributed by atoms with E-state index in [1.165, 1.54) is 0 Å². The number of rotatable bonds is 9. The van der Waals surface area contributed by atoms with E-state index in [0.717, 1.165) is 61.9 Å². The van der Waals surface area contributed by atoms with Crippen LogP contribution in [0.2, 0.25) is 0 Å². The number of para-hydroxylation sites is 1. The van der Waals surface area contributed by atoms with E-state index in [9.17, 15) is 9.90 Å². The van der Waals surface area contributed by atoms with Gasteiger partial charge in [0.05, 0.1) is 36.7 Å². The Hall–Kier alpha value is -4.10. The Labute approximate surface area is 217 Å². The van der Waals surface area contributed by atoms with Gasteiger partial charge in [0.2, 0.25) is 0 Å². The average molecular weight is 500 g/mol. The third-order valence-electron chi connectivity index (χ3n) is 6.76. The molecule has 5 rings (SSSR count). The van der Waals surface area contributed by atoms with Crippen LogP contribution in [0.3, 0.4) is 0 Å². The lowest BCUT2D eigenvalue weighted by Gasteiger charge is -2.10. The molecule has 2 aromatic heterocycles. The summed E-state index contributed by atoms with van der Waals surface area (Å²) in [6.45, 7) is 4.40. The standard InChI is InChI=1S/C30H31N3O4.H2/c1-4-36-30(35)29-23(15-9-17-37-26-16-7-11-20-10-5-6-12-21(20)26)22-13-8-14-24(28(22)31-29)27-19(2)32-33(3)25(27)18-34;/h5-8,10-14,16,31,34H,4,9,15,17-18H2,1-3H3;1H. The zero-order valence-corrected chi connectivity index (χ0v) is 21.4. The van der Waals surface area contributed by atoms with Crippen LogP contribution < -0.4 is 4.74 Å². The summed E-state index contributed by atoms with van der Waals surface area (Å²) in [7, 11) is 1.82. The quantitative estimate of drug-likeness (QED) is 0.193. The maximum Gasteiger partial charge on any atom is 0.355 e. The van der Waals surface area contributed by atoms with Gasteiger partial charge in [-0.1, -0.05) is 54.6 Å². The van der Waals surface area contributed by atoms with Crippen LogP contribution in [0, 0.1) is 6.92 Å². The molecule has 2 heterocycles. The topological polar surface area (TPSA) is 89.4 Å². The Morgan fingerprint density at radius 1 is 1.08 bits per heavy atom. The molecule has 192 valence electrons. The van der Waals surface area contributed by atoms with Crippen molar-refractivity contribution in [3.05, 3.63) is 83.3 Å². The van der Waals surface area contributed by atoms with E-state index >= 15 is 0 Å². The van der Waals surface area contributed by atoms with Crippen LogP contribution in [-0.4, -0.2) is 39.1 Å². The molecule has 7 nitrogen and oxygen atoms in total. The monoisotopic (exact) mass is 499 g/mol. The number of aromatic nitrogens is 3. The van der Waals surface area contributed by atoms with E-state index in [-0.39, 0.29) is 14.0 Å². The van der Waals surface area contributed by atoms with Crippen LogP contribution in [0.15, 0.2) is 60.7 Å². The van der Waals surface area contributed by atoms with Crippen molar-refractivity contribution in [1.82, 2.24) is 14.8 Å². The van der Waals surface area contributed by atoms with E-state index in [4.69, 9.17) is 9.47 Å². The number of carbonyl (C=O) groups excluding carboxylic acids is 1. The molecule has 2 N–H and O–H groups in total. The smallest absolute Gasteiger partial charge is 0.355 e. The first-order valence-corrected chi connectivity index (χ1v) is 12.6. The Kier molecular flexibility index (Phi) is 6.97. The molecular weight excluding hydrogens is 466 g/mol. The molecule has 0 saturated carbocycles. The van der Waals surface area contributed by atoms with E-state index in [1.54, 1.807) is 11.6 Å². The van der Waals surface area contributed by atoms with Crippen molar-refractivity contribution < 1.29 is 20.8 Å². The van der Waals surface area contributed by atoms with Crippen LogP contribution in [0.5, 0.6) is 5.75 Å². The molecule has 0 saturated heterocycles. The van der Waals surface area contributed by atoms with E-state index in [1.807, 2.05) is 56.4 Å². The first-order valence-electron chi connectivity index (χ1n) is 12.6. The molecule has 0 aliphatic rings. The summed E-state index contributed by atoms with van der Waals surface area (Å²) in [5, 5.41) is 17.7. The number of aliphatic hydroxyl groups excluding tert-OH is 1. The largest absolute Gasteiger partial charge is 0.493 e. The third-order valence-corrected chi connectivity index (χ3v) is 6.76. The van der Waals surface area contributed by atoms with Gasteiger partial charge in [0.1, 0.15) is 11.4 Å². The number of benzene rings is 3. The minimum Gasteiger partial charge on any atom is -0.493 e. The van der Waals surface area contributed by atoms with Gasteiger partial charge in [-0.15, -0.1) is 0 Å². The van der Waals surface area contributed by atoms with E-state index < -0.39 is 0 Å². The number of nitrogens with one attached hydrogen (secondary N) is 1. The predicted octanol–water partition coefficient (Wildman–Crippen LogP) is 5.96. The lowest BCUT2D eigenvalue weighted by atomic mass is 9.98. The lowest BCUT2D eigenvalue weighted by molar-refractivity contribution is 0.0519. The van der Waals surface area contributed by atoms with Gasteiger partial charge < -0.3 is 19.6 Å². The number of nitrogens with zero attached hydrogens (tertiary/aromatic N) is 2. The Bertz CT molecular complexity index is 1580. The summed E-state index contributed by atoms with van der Waals surface area (Å²) in [5.41, 5.74) is 5.51. The number of H-pyrrole nitrogens is 1. The predicted molar refractivity (Wildman–Crippen MR) is 147 cm³/mol. The van der Waals surface area contributed by atoms with Crippen molar-refractivity contribution in [3.63, 3.8) is 0 Å². The van der Waals surface area contributed by atoms with Gasteiger partial charge >= 0.3 is 5.97 Å². The summed E-state index contributed by atoms with van der Waals surface area (Å²) in [6.07, 6.45) is 1.36. The van der Waals surface area contributed by atoms with Crippen LogP contribution in [0.1, 0.15) is 42.2 Å². The molecule has 7 heteroatoms. The van der Waals surface area contributed by atoms with Gasteiger partial charge in [-0.25, -0.2) is 4.79 Å². The van der Waals surface area contributed by atoms with Crippen LogP contribution in [0.4, 0.5) is 0 Å². The van der Waals surface area contributed by atoms with Gasteiger partial charge in [-0.05, 0) is 43.7 Å². The number of hydrogen-bond donors (Lipinski definition) is 2. The normalized spacial score (nSPS) is 11.4. The molecule has 0 aliphatic heterocycles. The van der Waals surface area contributed by atoms with Crippen molar-refractivity contribution in [2.45, 2.75) is 33.3 Å². The average Bonchev–Trinajstić information content (AvgIpc) is 3.42. The molecule has 0 unspecified atom stereocenters. The van der Waals surface area contributed by atoms with Gasteiger partial charge in [0.15, 0.2) is 0 Å². The number of hydrogen-bond acceptors (Lipinski definition) is 5. The number of aryl methyl sites for hydroxylation is 3. The molecule has 0 radical (unpaired) electrons. The van der Waals surface area contributed by atoms with E-state index in [0.29, 0.717) is 25.3 Å². The summed E-state index contributed by atoms with van der Waals surface area (Å²) in [4.78, 5) is 16.3. The number of esters is 1. The SMILES string of the molecule is CCOC(=O)c1[nH]c2c(-c3c(C)nn(C)c3CO)cccc2c1CCCOc1cccc2ccccc12.[HH]. The fraction of sp³-hybridized carbons (Fsp3) is 0.267. The molecule has 0 atom stereocenters. The van der Waals surface area contributed by atoms with Crippen LogP contribution >= 0.6 is 0 Å². The maximum absolute atomic E-state index is 12.9. The molecule has 0 amide bonds. The molecular formula is C30H33N3O4. The second kappa shape index (κ2) is 10.5. The number of aliphatic hydroxyl groups is 1. The van der Waals surface area contributed by atoms with Crippen molar-refractivity contribution in [2.24, 2.45) is 7.05 Å². The highest BCUT2D eigenvalue weighted by atomic mass is 16.5. The van der Waals surface area contributed by atoms with Crippen molar-refractivity contribution >= 4 is 27.6 Å². The van der Waals surface area contributed by atoms with Crippen LogP contribution in [-0.2, 0) is 24.8 Å². The van der Waals surface area contributed by atoms with Crippen molar-refractivity contribution in [1.29, 1.82) is 0 Å². The first-order chi connectivity index (χ1) is 18.0. The second-order valence-corrected chi connectivity index (χ2v) is 9.05. The Morgan fingerprint density at radius 2 is 1.84 bits per heavy atom. The molecule has 37 heavy (non-hydrogen) atoms. The van der Waals surface area contributed by atoms with Crippen molar-refractivity contribution in [3.8, 4) is 16.9 Å². The fourth-order valence-corrected chi connectivity index (χ4v) is 5.11. The minimum atomic E-state index is -0.375. The van der Waals surface area contributed by atoms with E-state index in [2.05, 4.69) is 28.3 Å².